The van der Waals surface area contributed by atoms with E-state index in [1.165, 1.54) is 0 Å². The molecule has 2 unspecified atom stereocenters. The van der Waals surface area contributed by atoms with E-state index < -0.39 is 0 Å². The highest BCUT2D eigenvalue weighted by molar-refractivity contribution is 7.98. The van der Waals surface area contributed by atoms with Gasteiger partial charge in [0.05, 0.1) is 23.4 Å². The second kappa shape index (κ2) is 5.58. The van der Waals surface area contributed by atoms with Crippen molar-refractivity contribution in [2.75, 3.05) is 6.26 Å². The van der Waals surface area contributed by atoms with Gasteiger partial charge in [-0.2, -0.15) is 5.10 Å². The average Bonchev–Trinajstić information content (AvgIpc) is 2.90. The molecule has 102 valence electrons. The van der Waals surface area contributed by atoms with E-state index in [9.17, 15) is 0 Å². The second-order valence-electron chi connectivity index (χ2n) is 4.60. The monoisotopic (exact) mass is 285 g/mol. The van der Waals surface area contributed by atoms with Gasteiger partial charge in [-0.25, -0.2) is 9.97 Å². The Bertz CT molecular complexity index is 628. The molecule has 5 nitrogen and oxygen atoms in total. The van der Waals surface area contributed by atoms with Gasteiger partial charge >= 0.3 is 0 Å². The lowest BCUT2D eigenvalue weighted by atomic mass is 9.90. The summed E-state index contributed by atoms with van der Waals surface area (Å²) >= 11 is 1.55. The molecular weight excluding hydrogens is 270 g/mol. The summed E-state index contributed by atoms with van der Waals surface area (Å²) in [5, 5.41) is 5.24. The van der Waals surface area contributed by atoms with Crippen molar-refractivity contribution in [1.82, 2.24) is 20.4 Å². The molecule has 0 saturated heterocycles. The molecule has 1 aliphatic rings. The summed E-state index contributed by atoms with van der Waals surface area (Å²) in [6.45, 7) is 2.11. The lowest BCUT2D eigenvalue weighted by Crippen LogP contribution is -2.25. The van der Waals surface area contributed by atoms with Crippen molar-refractivity contribution in [2.45, 2.75) is 24.0 Å². The molecule has 2 atom stereocenters. The summed E-state index contributed by atoms with van der Waals surface area (Å²) in [4.78, 5) is 13.0. The van der Waals surface area contributed by atoms with Crippen LogP contribution in [0.2, 0.25) is 0 Å². The Balaban J connectivity index is 2.00. The van der Waals surface area contributed by atoms with Crippen molar-refractivity contribution in [3.8, 4) is 0 Å². The number of rotatable bonds is 3. The van der Waals surface area contributed by atoms with Crippen LogP contribution >= 0.6 is 11.8 Å². The largest absolute Gasteiger partial charge is 0.306 e. The summed E-state index contributed by atoms with van der Waals surface area (Å²) in [7, 11) is 0. The van der Waals surface area contributed by atoms with E-state index in [2.05, 4.69) is 32.4 Å². The highest BCUT2D eigenvalue weighted by Gasteiger charge is 2.32. The van der Waals surface area contributed by atoms with Gasteiger partial charge in [-0.1, -0.05) is 11.8 Å². The minimum absolute atomic E-state index is 0.119. The number of nitrogens with zero attached hydrogens (tertiary/aromatic N) is 4. The van der Waals surface area contributed by atoms with E-state index in [4.69, 9.17) is 0 Å². The third-order valence-corrected chi connectivity index (χ3v) is 3.86. The molecule has 0 amide bonds. The number of hydrogen-bond donors (Lipinski definition) is 1. The average molecular weight is 285 g/mol. The van der Waals surface area contributed by atoms with E-state index >= 15 is 0 Å². The van der Waals surface area contributed by atoms with Crippen molar-refractivity contribution < 1.29 is 0 Å². The first-order chi connectivity index (χ1) is 9.79. The number of pyridine rings is 1. The van der Waals surface area contributed by atoms with Crippen molar-refractivity contribution in [1.29, 1.82) is 0 Å². The second-order valence-corrected chi connectivity index (χ2v) is 5.38. The Kier molecular flexibility index (Phi) is 3.64. The molecule has 1 N–H and O–H groups in total. The highest BCUT2D eigenvalue weighted by atomic mass is 32.2. The molecule has 0 aromatic carbocycles. The summed E-state index contributed by atoms with van der Waals surface area (Å²) in [5.41, 5.74) is 6.15. The maximum absolute atomic E-state index is 4.61. The minimum Gasteiger partial charge on any atom is -0.306 e. The molecule has 2 aromatic heterocycles. The standard InChI is InChI=1S/C14H15N5S/c1-9-12(11-5-7-16-14(17-11)20-2)13(19-18-9)10-4-3-6-15-8-10/h3-9,12,18H,1-2H3. The van der Waals surface area contributed by atoms with Gasteiger partial charge in [0, 0.05) is 24.2 Å². The van der Waals surface area contributed by atoms with Gasteiger partial charge in [0.15, 0.2) is 5.16 Å². The van der Waals surface area contributed by atoms with Crippen LogP contribution in [0.4, 0.5) is 0 Å². The van der Waals surface area contributed by atoms with E-state index in [0.29, 0.717) is 0 Å². The molecule has 3 heterocycles. The van der Waals surface area contributed by atoms with Crippen LogP contribution in [0.1, 0.15) is 24.1 Å². The molecule has 0 bridgehead atoms. The minimum atomic E-state index is 0.119. The Morgan fingerprint density at radius 1 is 1.25 bits per heavy atom. The SMILES string of the molecule is CSc1nccc(C2C(c3cccnc3)=NNC2C)n1. The molecule has 20 heavy (non-hydrogen) atoms. The van der Waals surface area contributed by atoms with Crippen LogP contribution in [0.3, 0.4) is 0 Å². The van der Waals surface area contributed by atoms with Crippen LogP contribution in [0.25, 0.3) is 0 Å². The highest BCUT2D eigenvalue weighted by Crippen LogP contribution is 2.28. The predicted octanol–water partition coefficient (Wildman–Crippen LogP) is 2.07. The number of nitrogens with one attached hydrogen (secondary N) is 1. The van der Waals surface area contributed by atoms with E-state index in [-0.39, 0.29) is 12.0 Å². The molecule has 1 aliphatic heterocycles. The van der Waals surface area contributed by atoms with Crippen LogP contribution in [-0.2, 0) is 0 Å². The normalized spacial score (nSPS) is 21.4. The zero-order valence-electron chi connectivity index (χ0n) is 11.3. The van der Waals surface area contributed by atoms with Crippen molar-refractivity contribution in [3.63, 3.8) is 0 Å². The Morgan fingerprint density at radius 3 is 2.90 bits per heavy atom. The summed E-state index contributed by atoms with van der Waals surface area (Å²) in [6.07, 6.45) is 7.38. The maximum Gasteiger partial charge on any atom is 0.187 e. The van der Waals surface area contributed by atoms with Crippen molar-refractivity contribution in [2.24, 2.45) is 5.10 Å². The fourth-order valence-electron chi connectivity index (χ4n) is 2.33. The Morgan fingerprint density at radius 2 is 2.15 bits per heavy atom. The summed E-state index contributed by atoms with van der Waals surface area (Å²) in [6, 6.07) is 6.11. The van der Waals surface area contributed by atoms with Gasteiger partial charge < -0.3 is 5.43 Å². The molecule has 6 heteroatoms. The topological polar surface area (TPSA) is 63.1 Å². The van der Waals surface area contributed by atoms with Gasteiger partial charge in [-0.3, -0.25) is 4.98 Å². The predicted molar refractivity (Wildman–Crippen MR) is 79.9 cm³/mol. The van der Waals surface area contributed by atoms with Gasteiger partial charge in [0.2, 0.25) is 0 Å². The first-order valence-corrected chi connectivity index (χ1v) is 7.62. The van der Waals surface area contributed by atoms with Crippen molar-refractivity contribution >= 4 is 17.5 Å². The van der Waals surface area contributed by atoms with Crippen LogP contribution in [-0.4, -0.2) is 33.0 Å². The molecular formula is C14H15N5S. The molecule has 0 aliphatic carbocycles. The van der Waals surface area contributed by atoms with Crippen LogP contribution in [0.5, 0.6) is 0 Å². The van der Waals surface area contributed by atoms with Gasteiger partial charge in [-0.15, -0.1) is 0 Å². The van der Waals surface area contributed by atoms with Crippen LogP contribution in [0.15, 0.2) is 47.0 Å². The lowest BCUT2D eigenvalue weighted by molar-refractivity contribution is 0.578. The smallest absolute Gasteiger partial charge is 0.187 e. The van der Waals surface area contributed by atoms with E-state index in [1.54, 1.807) is 24.2 Å². The third kappa shape index (κ3) is 2.38. The van der Waals surface area contributed by atoms with Gasteiger partial charge in [0.25, 0.3) is 0 Å². The number of hydrazone groups is 1. The first kappa shape index (κ1) is 13.1. The maximum atomic E-state index is 4.61. The fraction of sp³-hybridized carbons (Fsp3) is 0.286. The molecule has 0 radical (unpaired) electrons. The molecule has 0 fully saturated rings. The van der Waals surface area contributed by atoms with Gasteiger partial charge in [0.1, 0.15) is 0 Å². The summed E-state index contributed by atoms with van der Waals surface area (Å²) in [5.74, 6) is 0.119. The zero-order chi connectivity index (χ0) is 13.9. The third-order valence-electron chi connectivity index (χ3n) is 3.30. The van der Waals surface area contributed by atoms with Crippen LogP contribution in [0, 0.1) is 0 Å². The quantitative estimate of drug-likeness (QED) is 0.691. The molecule has 0 saturated carbocycles. The van der Waals surface area contributed by atoms with Crippen molar-refractivity contribution in [3.05, 3.63) is 48.0 Å². The fourth-order valence-corrected chi connectivity index (χ4v) is 2.70. The Labute approximate surface area is 122 Å². The van der Waals surface area contributed by atoms with E-state index in [0.717, 1.165) is 22.1 Å². The van der Waals surface area contributed by atoms with Gasteiger partial charge in [-0.05, 0) is 31.4 Å². The first-order valence-electron chi connectivity index (χ1n) is 6.40. The van der Waals surface area contributed by atoms with Crippen LogP contribution < -0.4 is 5.43 Å². The lowest BCUT2D eigenvalue weighted by Gasteiger charge is -2.16. The molecule has 2 aromatic rings. The molecule has 3 rings (SSSR count). The zero-order valence-corrected chi connectivity index (χ0v) is 12.1. The summed E-state index contributed by atoms with van der Waals surface area (Å²) < 4.78 is 0. The number of thioether (sulfide) groups is 1. The number of aromatic nitrogens is 3. The number of hydrogen-bond acceptors (Lipinski definition) is 6. The molecule has 0 spiro atoms. The van der Waals surface area contributed by atoms with E-state index in [1.807, 2.05) is 30.7 Å². The Hall–Kier alpha value is -1.95.